The van der Waals surface area contributed by atoms with Gasteiger partial charge in [0.25, 0.3) is 0 Å². The van der Waals surface area contributed by atoms with Crippen LogP contribution in [0.15, 0.2) is 97.1 Å². The van der Waals surface area contributed by atoms with Crippen LogP contribution in [0, 0.1) is 13.8 Å². The number of hydrogen-bond donors (Lipinski definition) is 0. The second-order valence-corrected chi connectivity index (χ2v) is 8.15. The molecule has 0 unspecified atom stereocenters. The van der Waals surface area contributed by atoms with Crippen molar-refractivity contribution < 1.29 is 0 Å². The number of allylic oxidation sites excluding steroid dienone is 5. The normalized spacial score (nSPS) is 11.7. The predicted molar refractivity (Wildman–Crippen MR) is 134 cm³/mol. The van der Waals surface area contributed by atoms with Gasteiger partial charge in [0, 0.05) is 0 Å². The van der Waals surface area contributed by atoms with Gasteiger partial charge in [0.1, 0.15) is 0 Å². The third-order valence-corrected chi connectivity index (χ3v) is 5.85. The Hall–Kier alpha value is -3.38. The summed E-state index contributed by atoms with van der Waals surface area (Å²) in [5.41, 5.74) is 8.99. The maximum Gasteiger partial charge on any atom is -0.00668 e. The summed E-state index contributed by atoms with van der Waals surface area (Å²) in [5, 5.41) is 5.26. The van der Waals surface area contributed by atoms with Gasteiger partial charge in [-0.25, -0.2) is 0 Å². The van der Waals surface area contributed by atoms with Crippen LogP contribution in [-0.2, 0) is 0 Å². The molecular weight excluding hydrogens is 360 g/mol. The van der Waals surface area contributed by atoms with E-state index in [2.05, 4.69) is 113 Å². The van der Waals surface area contributed by atoms with E-state index < -0.39 is 0 Å². The zero-order valence-electron chi connectivity index (χ0n) is 18.3. The minimum absolute atomic E-state index is 1.20. The van der Waals surface area contributed by atoms with Gasteiger partial charge in [-0.3, -0.25) is 0 Å². The van der Waals surface area contributed by atoms with Crippen molar-refractivity contribution in [2.24, 2.45) is 0 Å². The lowest BCUT2D eigenvalue weighted by Gasteiger charge is -2.19. The summed E-state index contributed by atoms with van der Waals surface area (Å²) in [6, 6.07) is 24.2. The minimum atomic E-state index is 1.20. The molecule has 4 aromatic rings. The molecule has 0 N–H and O–H groups in total. The molecular formula is C30H28. The first kappa shape index (κ1) is 19.9. The van der Waals surface area contributed by atoms with Crippen molar-refractivity contribution in [2.45, 2.75) is 27.7 Å². The third kappa shape index (κ3) is 3.39. The van der Waals surface area contributed by atoms with E-state index in [9.17, 15) is 0 Å². The fourth-order valence-corrected chi connectivity index (χ4v) is 4.54. The summed E-state index contributed by atoms with van der Waals surface area (Å²) in [6.07, 6.45) is 6.21. The van der Waals surface area contributed by atoms with Gasteiger partial charge in [-0.05, 0) is 82.6 Å². The van der Waals surface area contributed by atoms with Crippen molar-refractivity contribution >= 4 is 27.1 Å². The summed E-state index contributed by atoms with van der Waals surface area (Å²) in [6.45, 7) is 12.7. The van der Waals surface area contributed by atoms with Crippen molar-refractivity contribution in [3.63, 3.8) is 0 Å². The quantitative estimate of drug-likeness (QED) is 0.242. The molecule has 0 heteroatoms. The molecule has 0 atom stereocenters. The van der Waals surface area contributed by atoms with E-state index in [-0.39, 0.29) is 0 Å². The van der Waals surface area contributed by atoms with Crippen LogP contribution in [0.1, 0.15) is 30.5 Å². The van der Waals surface area contributed by atoms with Crippen LogP contribution < -0.4 is 0 Å². The molecule has 0 fully saturated rings. The summed E-state index contributed by atoms with van der Waals surface area (Å²) < 4.78 is 0. The lowest BCUT2D eigenvalue weighted by atomic mass is 9.85. The van der Waals surface area contributed by atoms with Crippen molar-refractivity contribution in [1.82, 2.24) is 0 Å². The van der Waals surface area contributed by atoms with Crippen LogP contribution in [-0.4, -0.2) is 0 Å². The molecule has 4 aromatic carbocycles. The summed E-state index contributed by atoms with van der Waals surface area (Å²) in [4.78, 5) is 0. The van der Waals surface area contributed by atoms with Crippen LogP contribution in [0.5, 0.6) is 0 Å². The molecule has 0 spiro atoms. The van der Waals surface area contributed by atoms with Crippen molar-refractivity contribution in [3.8, 4) is 11.1 Å². The molecule has 0 saturated heterocycles. The molecule has 0 radical (unpaired) electrons. The fraction of sp³-hybridized carbons (Fsp3) is 0.133. The van der Waals surface area contributed by atoms with Gasteiger partial charge < -0.3 is 0 Å². The molecule has 0 amide bonds. The van der Waals surface area contributed by atoms with Crippen LogP contribution >= 0.6 is 0 Å². The van der Waals surface area contributed by atoms with Crippen molar-refractivity contribution in [2.75, 3.05) is 0 Å². The Morgan fingerprint density at radius 3 is 1.93 bits per heavy atom. The van der Waals surface area contributed by atoms with Gasteiger partial charge >= 0.3 is 0 Å². The zero-order valence-corrected chi connectivity index (χ0v) is 18.3. The van der Waals surface area contributed by atoms with E-state index in [1.165, 1.54) is 60.5 Å². The highest BCUT2D eigenvalue weighted by Gasteiger charge is 2.16. The van der Waals surface area contributed by atoms with Crippen molar-refractivity contribution in [1.29, 1.82) is 0 Å². The molecule has 0 heterocycles. The lowest BCUT2D eigenvalue weighted by molar-refractivity contribution is 1.37. The summed E-state index contributed by atoms with van der Waals surface area (Å²) in [5.74, 6) is 0. The van der Waals surface area contributed by atoms with Gasteiger partial charge in [0.15, 0.2) is 0 Å². The first-order valence-electron chi connectivity index (χ1n) is 10.5. The lowest BCUT2D eigenvalue weighted by Crippen LogP contribution is -1.95. The highest BCUT2D eigenvalue weighted by atomic mass is 14.2. The highest BCUT2D eigenvalue weighted by Crippen LogP contribution is 2.41. The Morgan fingerprint density at radius 1 is 0.700 bits per heavy atom. The average molecular weight is 389 g/mol. The monoisotopic (exact) mass is 388 g/mol. The molecule has 0 aliphatic rings. The maximum atomic E-state index is 3.93. The number of rotatable bonds is 4. The first-order valence-corrected chi connectivity index (χ1v) is 10.5. The van der Waals surface area contributed by atoms with E-state index in [4.69, 9.17) is 0 Å². The largest absolute Gasteiger partial charge is 0.0990 e. The van der Waals surface area contributed by atoms with Gasteiger partial charge in [0.05, 0.1) is 0 Å². The predicted octanol–water partition coefficient (Wildman–Crippen LogP) is 8.81. The Kier molecular flexibility index (Phi) is 5.42. The number of hydrogen-bond acceptors (Lipinski definition) is 0. The van der Waals surface area contributed by atoms with Gasteiger partial charge in [-0.2, -0.15) is 0 Å². The maximum absolute atomic E-state index is 3.93. The van der Waals surface area contributed by atoms with Crippen LogP contribution in [0.4, 0.5) is 0 Å². The van der Waals surface area contributed by atoms with Gasteiger partial charge in [-0.1, -0.05) is 97.1 Å². The second kappa shape index (κ2) is 8.16. The van der Waals surface area contributed by atoms with Gasteiger partial charge in [-0.15, -0.1) is 0 Å². The zero-order chi connectivity index (χ0) is 21.3. The SMILES string of the molecule is C=C/C=C(\C=C(C)C)c1cccc(-c2c(C)c3ccccc3c3ccccc23)c1C. The standard InChI is InChI=1S/C30H28/c1-6-12-23(19-20(2)3)24-17-11-18-26(21(24)4)30-22(5)25-13-7-8-14-27(25)28-15-9-10-16-29(28)30/h6-19H,1H2,2-5H3/b23-12+. The number of aryl methyl sites for hydroxylation is 1. The average Bonchev–Trinajstić information content (AvgIpc) is 2.74. The van der Waals surface area contributed by atoms with Crippen LogP contribution in [0.3, 0.4) is 0 Å². The Bertz CT molecular complexity index is 1330. The number of benzene rings is 4. The molecule has 0 aliphatic heterocycles. The van der Waals surface area contributed by atoms with E-state index in [1.807, 2.05) is 6.08 Å². The van der Waals surface area contributed by atoms with Crippen LogP contribution in [0.2, 0.25) is 0 Å². The van der Waals surface area contributed by atoms with E-state index in [0.717, 1.165) is 0 Å². The molecule has 0 aliphatic carbocycles. The van der Waals surface area contributed by atoms with Crippen LogP contribution in [0.25, 0.3) is 38.2 Å². The molecule has 0 bridgehead atoms. The summed E-state index contributed by atoms with van der Waals surface area (Å²) in [7, 11) is 0. The van der Waals surface area contributed by atoms with Gasteiger partial charge in [0.2, 0.25) is 0 Å². The highest BCUT2D eigenvalue weighted by molar-refractivity contribution is 6.16. The smallest absolute Gasteiger partial charge is 0.00668 e. The van der Waals surface area contributed by atoms with Crippen molar-refractivity contribution in [3.05, 3.63) is 114 Å². The van der Waals surface area contributed by atoms with E-state index in [0.29, 0.717) is 0 Å². The molecule has 0 saturated carbocycles. The fourth-order valence-electron chi connectivity index (χ4n) is 4.54. The Balaban J connectivity index is 2.09. The minimum Gasteiger partial charge on any atom is -0.0990 e. The summed E-state index contributed by atoms with van der Waals surface area (Å²) >= 11 is 0. The molecule has 148 valence electrons. The second-order valence-electron chi connectivity index (χ2n) is 8.15. The topological polar surface area (TPSA) is 0 Å². The first-order chi connectivity index (χ1) is 14.5. The molecule has 0 aromatic heterocycles. The Labute approximate surface area is 179 Å². The molecule has 0 nitrogen and oxygen atoms in total. The number of fused-ring (bicyclic) bond motifs is 3. The third-order valence-electron chi connectivity index (χ3n) is 5.85. The van der Waals surface area contributed by atoms with E-state index in [1.54, 1.807) is 0 Å². The Morgan fingerprint density at radius 2 is 1.30 bits per heavy atom. The van der Waals surface area contributed by atoms with E-state index >= 15 is 0 Å². The molecule has 4 rings (SSSR count). The molecule has 30 heavy (non-hydrogen) atoms.